The van der Waals surface area contributed by atoms with Gasteiger partial charge in [-0.25, -0.2) is 0 Å². The van der Waals surface area contributed by atoms with E-state index in [9.17, 15) is 0 Å². The van der Waals surface area contributed by atoms with Gasteiger partial charge < -0.3 is 10.6 Å². The number of unbranched alkanes of at least 4 members (excludes halogenated alkanes) is 4. The molecule has 0 aliphatic carbocycles. The molecule has 0 spiro atoms. The topological polar surface area (TPSA) is 29.3 Å². The van der Waals surface area contributed by atoms with E-state index in [0.717, 1.165) is 12.6 Å². The SMILES string of the molecule is CCC(CC)N(C)CCCCCCCN. The van der Waals surface area contributed by atoms with Gasteiger partial charge in [-0.05, 0) is 45.8 Å². The van der Waals surface area contributed by atoms with Crippen molar-refractivity contribution in [3.8, 4) is 0 Å². The van der Waals surface area contributed by atoms with Crippen molar-refractivity contribution in [3.05, 3.63) is 0 Å². The minimum absolute atomic E-state index is 0.786. The number of nitrogens with two attached hydrogens (primary N) is 1. The van der Waals surface area contributed by atoms with Gasteiger partial charge in [0, 0.05) is 6.04 Å². The molecule has 0 aromatic heterocycles. The molecule has 0 aliphatic heterocycles. The lowest BCUT2D eigenvalue weighted by Gasteiger charge is -2.25. The van der Waals surface area contributed by atoms with Crippen LogP contribution in [0.1, 0.15) is 58.8 Å². The summed E-state index contributed by atoms with van der Waals surface area (Å²) in [5.74, 6) is 0. The Bertz CT molecular complexity index is 122. The molecule has 0 radical (unpaired) electrons. The van der Waals surface area contributed by atoms with Gasteiger partial charge in [0.05, 0.1) is 0 Å². The molecular formula is C13H30N2. The lowest BCUT2D eigenvalue weighted by atomic mass is 10.1. The fourth-order valence-electron chi connectivity index (χ4n) is 2.13. The number of rotatable bonds is 10. The van der Waals surface area contributed by atoms with Crippen LogP contribution >= 0.6 is 0 Å². The summed E-state index contributed by atoms with van der Waals surface area (Å²) in [6.45, 7) is 6.68. The van der Waals surface area contributed by atoms with Crippen LogP contribution in [0, 0.1) is 0 Å². The fraction of sp³-hybridized carbons (Fsp3) is 1.00. The summed E-state index contributed by atoms with van der Waals surface area (Å²) in [5, 5.41) is 0. The normalized spacial score (nSPS) is 11.6. The van der Waals surface area contributed by atoms with E-state index in [0.29, 0.717) is 0 Å². The van der Waals surface area contributed by atoms with Crippen LogP contribution in [0.3, 0.4) is 0 Å². The highest BCUT2D eigenvalue weighted by atomic mass is 15.1. The zero-order chi connectivity index (χ0) is 11.5. The Morgan fingerprint density at radius 2 is 1.47 bits per heavy atom. The Labute approximate surface area is 96.2 Å². The quantitative estimate of drug-likeness (QED) is 0.566. The molecular weight excluding hydrogens is 184 g/mol. The third kappa shape index (κ3) is 7.80. The van der Waals surface area contributed by atoms with Crippen LogP contribution in [0.15, 0.2) is 0 Å². The van der Waals surface area contributed by atoms with Crippen molar-refractivity contribution < 1.29 is 0 Å². The highest BCUT2D eigenvalue weighted by Gasteiger charge is 2.08. The van der Waals surface area contributed by atoms with Crippen LogP contribution in [0.5, 0.6) is 0 Å². The molecule has 15 heavy (non-hydrogen) atoms. The van der Waals surface area contributed by atoms with Gasteiger partial charge in [-0.2, -0.15) is 0 Å². The molecule has 2 N–H and O–H groups in total. The second-order valence-corrected chi connectivity index (χ2v) is 4.51. The lowest BCUT2D eigenvalue weighted by Crippen LogP contribution is -2.31. The first-order valence-electron chi connectivity index (χ1n) is 6.66. The highest BCUT2D eigenvalue weighted by molar-refractivity contribution is 4.64. The Morgan fingerprint density at radius 3 is 2.00 bits per heavy atom. The molecule has 0 aromatic rings. The van der Waals surface area contributed by atoms with Gasteiger partial charge in [0.25, 0.3) is 0 Å². The zero-order valence-electron chi connectivity index (χ0n) is 11.0. The molecule has 0 unspecified atom stereocenters. The molecule has 2 nitrogen and oxygen atoms in total. The maximum atomic E-state index is 5.46. The van der Waals surface area contributed by atoms with Gasteiger partial charge in [0.15, 0.2) is 0 Å². The summed E-state index contributed by atoms with van der Waals surface area (Å²) in [7, 11) is 2.26. The van der Waals surface area contributed by atoms with Crippen LogP contribution in [-0.2, 0) is 0 Å². The fourth-order valence-corrected chi connectivity index (χ4v) is 2.13. The Kier molecular flexibility index (Phi) is 10.4. The van der Waals surface area contributed by atoms with E-state index >= 15 is 0 Å². The maximum absolute atomic E-state index is 5.46. The van der Waals surface area contributed by atoms with Crippen LogP contribution < -0.4 is 5.73 Å². The Balaban J connectivity index is 3.33. The van der Waals surface area contributed by atoms with Gasteiger partial charge in [-0.3, -0.25) is 0 Å². The van der Waals surface area contributed by atoms with Crippen LogP contribution in [0.2, 0.25) is 0 Å². The van der Waals surface area contributed by atoms with Crippen molar-refractivity contribution >= 4 is 0 Å². The van der Waals surface area contributed by atoms with Crippen molar-refractivity contribution in [2.75, 3.05) is 20.1 Å². The van der Waals surface area contributed by atoms with Gasteiger partial charge in [0.1, 0.15) is 0 Å². The average molecular weight is 214 g/mol. The first-order chi connectivity index (χ1) is 7.26. The van der Waals surface area contributed by atoms with Gasteiger partial charge >= 0.3 is 0 Å². The smallest absolute Gasteiger partial charge is 0.00869 e. The largest absolute Gasteiger partial charge is 0.330 e. The van der Waals surface area contributed by atoms with Crippen molar-refractivity contribution in [3.63, 3.8) is 0 Å². The summed E-state index contributed by atoms with van der Waals surface area (Å²) in [6, 6.07) is 0.786. The van der Waals surface area contributed by atoms with Crippen LogP contribution in [-0.4, -0.2) is 31.1 Å². The molecule has 92 valence electrons. The van der Waals surface area contributed by atoms with Crippen molar-refractivity contribution in [2.24, 2.45) is 5.73 Å². The molecule has 0 aromatic carbocycles. The molecule has 0 saturated carbocycles. The molecule has 0 bridgehead atoms. The van der Waals surface area contributed by atoms with Crippen molar-refractivity contribution in [1.29, 1.82) is 0 Å². The van der Waals surface area contributed by atoms with Crippen LogP contribution in [0.25, 0.3) is 0 Å². The average Bonchev–Trinajstić information content (AvgIpc) is 2.25. The van der Waals surface area contributed by atoms with Gasteiger partial charge in [-0.15, -0.1) is 0 Å². The Hall–Kier alpha value is -0.0800. The predicted octanol–water partition coefficient (Wildman–Crippen LogP) is 3.02. The van der Waals surface area contributed by atoms with E-state index in [4.69, 9.17) is 5.73 Å². The first-order valence-corrected chi connectivity index (χ1v) is 6.66. The molecule has 0 heterocycles. The molecule has 0 saturated heterocycles. The van der Waals surface area contributed by atoms with E-state index in [1.807, 2.05) is 0 Å². The predicted molar refractivity (Wildman–Crippen MR) is 69.1 cm³/mol. The van der Waals surface area contributed by atoms with E-state index in [1.165, 1.54) is 51.5 Å². The minimum Gasteiger partial charge on any atom is -0.330 e. The van der Waals surface area contributed by atoms with Gasteiger partial charge in [-0.1, -0.05) is 33.1 Å². The number of hydrogen-bond donors (Lipinski definition) is 1. The molecule has 0 atom stereocenters. The second-order valence-electron chi connectivity index (χ2n) is 4.51. The highest BCUT2D eigenvalue weighted by Crippen LogP contribution is 2.09. The van der Waals surface area contributed by atoms with E-state index in [1.54, 1.807) is 0 Å². The molecule has 0 aliphatic rings. The number of nitrogens with zero attached hydrogens (tertiary/aromatic N) is 1. The summed E-state index contributed by atoms with van der Waals surface area (Å²) in [4.78, 5) is 2.52. The van der Waals surface area contributed by atoms with Crippen molar-refractivity contribution in [2.45, 2.75) is 64.8 Å². The van der Waals surface area contributed by atoms with E-state index in [-0.39, 0.29) is 0 Å². The summed E-state index contributed by atoms with van der Waals surface area (Å²) < 4.78 is 0. The first kappa shape index (κ1) is 14.9. The monoisotopic (exact) mass is 214 g/mol. The zero-order valence-corrected chi connectivity index (χ0v) is 11.0. The summed E-state index contributed by atoms with van der Waals surface area (Å²) in [6.07, 6.45) is 9.13. The number of hydrogen-bond acceptors (Lipinski definition) is 2. The van der Waals surface area contributed by atoms with Crippen molar-refractivity contribution in [1.82, 2.24) is 4.90 Å². The third-order valence-corrected chi connectivity index (χ3v) is 3.28. The molecule has 0 fully saturated rings. The standard InChI is InChI=1S/C13H30N2/c1-4-13(5-2)15(3)12-10-8-6-7-9-11-14/h13H,4-12,14H2,1-3H3. The van der Waals surface area contributed by atoms with Gasteiger partial charge in [0.2, 0.25) is 0 Å². The Morgan fingerprint density at radius 1 is 0.933 bits per heavy atom. The summed E-state index contributed by atoms with van der Waals surface area (Å²) >= 11 is 0. The third-order valence-electron chi connectivity index (χ3n) is 3.28. The van der Waals surface area contributed by atoms with E-state index < -0.39 is 0 Å². The molecule has 0 rings (SSSR count). The lowest BCUT2D eigenvalue weighted by molar-refractivity contribution is 0.225. The van der Waals surface area contributed by atoms with E-state index in [2.05, 4.69) is 25.8 Å². The van der Waals surface area contributed by atoms with Crippen LogP contribution in [0.4, 0.5) is 0 Å². The summed E-state index contributed by atoms with van der Waals surface area (Å²) in [5.41, 5.74) is 5.46. The maximum Gasteiger partial charge on any atom is 0.00869 e. The second kappa shape index (κ2) is 10.4. The minimum atomic E-state index is 0.786. The molecule has 0 amide bonds. The molecule has 2 heteroatoms.